The van der Waals surface area contributed by atoms with E-state index < -0.39 is 78.4 Å². The Morgan fingerprint density at radius 2 is 1.32 bits per heavy atom. The second-order valence-electron chi connectivity index (χ2n) is 14.7. The molecule has 2 fully saturated rings. The second-order valence-corrected chi connectivity index (χ2v) is 14.7. The van der Waals surface area contributed by atoms with E-state index in [0.29, 0.717) is 32.4 Å². The molecule has 0 radical (unpaired) electrons. The van der Waals surface area contributed by atoms with Crippen LogP contribution in [-0.2, 0) is 48.0 Å². The first-order valence-electron chi connectivity index (χ1n) is 19.4. The standard InChI is InChI=1S/C40H47N7O6.C2HF3O2/c48-30-15-17-47(18-16-30)25-37(50)45-35-22-36(49)44-34(21-28-23-41-32-14-8-7-13-31(28)32)40(53)46-33(20-27-11-5-2-6-12-27)39(52)43-29(24-42-38(35)51)19-26-9-3-1-4-10-26;3-2(4,5)1(6)7/h1-14,23,29-30,33-35,41,48H,15-22,24-25H2,(H,42,51)(H,43,52)(H,44,49)(H,45,50)(H,46,53);(H,6,7)/t29-,33+,34+,35-;/m1./s1. The summed E-state index contributed by atoms with van der Waals surface area (Å²) >= 11 is 0. The number of hydrogen-bond donors (Lipinski definition) is 8. The first-order chi connectivity index (χ1) is 28.6. The first kappa shape index (κ1) is 44.8. The molecule has 4 atom stereocenters. The number of H-pyrrole nitrogens is 1. The van der Waals surface area contributed by atoms with E-state index in [4.69, 9.17) is 9.90 Å². The molecule has 60 heavy (non-hydrogen) atoms. The monoisotopic (exact) mass is 835 g/mol. The van der Waals surface area contributed by atoms with Crippen molar-refractivity contribution < 1.29 is 52.2 Å². The molecular weight excluding hydrogens is 787 g/mol. The van der Waals surface area contributed by atoms with Gasteiger partial charge in [0.1, 0.15) is 18.1 Å². The second kappa shape index (κ2) is 21.1. The Balaban J connectivity index is 0.000000896. The van der Waals surface area contributed by atoms with Gasteiger partial charge in [0.25, 0.3) is 0 Å². The lowest BCUT2D eigenvalue weighted by molar-refractivity contribution is -0.192. The van der Waals surface area contributed by atoms with Gasteiger partial charge in [0.05, 0.1) is 25.1 Å². The maximum atomic E-state index is 14.2. The Kier molecular flexibility index (Phi) is 15.8. The average Bonchev–Trinajstić information content (AvgIpc) is 3.62. The summed E-state index contributed by atoms with van der Waals surface area (Å²) in [6.07, 6.45) is -2.37. The molecule has 1 aromatic heterocycles. The molecule has 2 aliphatic rings. The van der Waals surface area contributed by atoms with Crippen LogP contribution >= 0.6 is 0 Å². The minimum Gasteiger partial charge on any atom is -0.475 e. The van der Waals surface area contributed by atoms with Crippen LogP contribution in [0.5, 0.6) is 0 Å². The van der Waals surface area contributed by atoms with E-state index in [1.54, 1.807) is 6.20 Å². The Labute approximate surface area is 343 Å². The summed E-state index contributed by atoms with van der Waals surface area (Å²) in [5, 5.41) is 32.3. The number of para-hydroxylation sites is 1. The summed E-state index contributed by atoms with van der Waals surface area (Å²) in [5.41, 5.74) is 3.40. The van der Waals surface area contributed by atoms with Crippen LogP contribution in [-0.4, -0.2) is 118 Å². The molecule has 2 saturated heterocycles. The van der Waals surface area contributed by atoms with Gasteiger partial charge < -0.3 is 41.8 Å². The predicted octanol–water partition coefficient (Wildman–Crippen LogP) is 1.74. The number of nitrogens with one attached hydrogen (secondary N) is 6. The number of carbonyl (C=O) groups is 6. The van der Waals surface area contributed by atoms with Crippen molar-refractivity contribution in [3.63, 3.8) is 0 Å². The molecule has 2 aliphatic heterocycles. The first-order valence-corrected chi connectivity index (χ1v) is 19.4. The number of nitrogens with zero attached hydrogens (tertiary/aromatic N) is 1. The van der Waals surface area contributed by atoms with Crippen molar-refractivity contribution >= 4 is 46.4 Å². The number of aromatic amines is 1. The molecule has 3 aromatic carbocycles. The average molecular weight is 836 g/mol. The molecule has 320 valence electrons. The zero-order valence-electron chi connectivity index (χ0n) is 32.5. The third-order valence-corrected chi connectivity index (χ3v) is 10.1. The molecule has 15 nitrogen and oxygen atoms in total. The normalized spacial score (nSPS) is 21.3. The quantitative estimate of drug-likeness (QED) is 0.123. The summed E-state index contributed by atoms with van der Waals surface area (Å²) in [5.74, 6) is -5.41. The van der Waals surface area contributed by atoms with Gasteiger partial charge in [-0.1, -0.05) is 78.9 Å². The van der Waals surface area contributed by atoms with E-state index in [0.717, 1.165) is 27.6 Å². The van der Waals surface area contributed by atoms with E-state index in [-0.39, 0.29) is 25.9 Å². The molecule has 0 saturated carbocycles. The number of carbonyl (C=O) groups excluding carboxylic acids is 5. The van der Waals surface area contributed by atoms with E-state index in [1.165, 1.54) is 0 Å². The van der Waals surface area contributed by atoms with Gasteiger partial charge in [0, 0.05) is 49.6 Å². The van der Waals surface area contributed by atoms with Crippen LogP contribution in [0.3, 0.4) is 0 Å². The highest BCUT2D eigenvalue weighted by atomic mass is 19.4. The lowest BCUT2D eigenvalue weighted by atomic mass is 10.0. The van der Waals surface area contributed by atoms with Crippen molar-refractivity contribution in [2.45, 2.75) is 75.0 Å². The summed E-state index contributed by atoms with van der Waals surface area (Å²) in [6.45, 7) is 1.07. The predicted molar refractivity (Wildman–Crippen MR) is 213 cm³/mol. The van der Waals surface area contributed by atoms with Crippen molar-refractivity contribution in [1.29, 1.82) is 0 Å². The molecule has 3 heterocycles. The minimum atomic E-state index is -5.08. The molecule has 5 amide bonds. The molecule has 0 aliphatic carbocycles. The zero-order valence-corrected chi connectivity index (χ0v) is 32.5. The fraction of sp³-hybridized carbons (Fsp3) is 0.381. The lowest BCUT2D eigenvalue weighted by Crippen LogP contribution is -2.59. The highest BCUT2D eigenvalue weighted by Crippen LogP contribution is 2.20. The zero-order chi connectivity index (χ0) is 43.2. The smallest absolute Gasteiger partial charge is 0.475 e. The fourth-order valence-corrected chi connectivity index (χ4v) is 6.95. The van der Waals surface area contributed by atoms with Crippen molar-refractivity contribution in [1.82, 2.24) is 36.5 Å². The summed E-state index contributed by atoms with van der Waals surface area (Å²) in [7, 11) is 0. The number of piperidine rings is 1. The van der Waals surface area contributed by atoms with Crippen LogP contribution in [0, 0.1) is 0 Å². The number of hydrogen-bond acceptors (Lipinski definition) is 8. The molecule has 18 heteroatoms. The van der Waals surface area contributed by atoms with E-state index >= 15 is 0 Å². The van der Waals surface area contributed by atoms with Crippen LogP contribution in [0.15, 0.2) is 91.1 Å². The number of aliphatic hydroxyl groups is 1. The topological polar surface area (TPSA) is 222 Å². The number of benzene rings is 3. The van der Waals surface area contributed by atoms with Crippen LogP contribution in [0.2, 0.25) is 0 Å². The van der Waals surface area contributed by atoms with Gasteiger partial charge in [-0.25, -0.2) is 4.79 Å². The largest absolute Gasteiger partial charge is 0.490 e. The minimum absolute atomic E-state index is 0.000788. The van der Waals surface area contributed by atoms with Crippen LogP contribution in [0.4, 0.5) is 13.2 Å². The van der Waals surface area contributed by atoms with Crippen molar-refractivity contribution in [2.24, 2.45) is 0 Å². The molecule has 0 bridgehead atoms. The Hall–Kier alpha value is -6.27. The summed E-state index contributed by atoms with van der Waals surface area (Å²) in [4.78, 5) is 83.0. The van der Waals surface area contributed by atoms with Gasteiger partial charge in [-0.15, -0.1) is 0 Å². The number of alkyl halides is 3. The lowest BCUT2D eigenvalue weighted by Gasteiger charge is -2.30. The number of aromatic nitrogens is 1. The van der Waals surface area contributed by atoms with E-state index in [9.17, 15) is 42.3 Å². The van der Waals surface area contributed by atoms with Gasteiger partial charge in [-0.05, 0) is 42.0 Å². The number of carboxylic acids is 1. The number of amides is 5. The SMILES string of the molecule is O=C(O)C(F)(F)F.O=C1C[C@@H](NC(=O)CN2CCC(O)CC2)C(=O)NC[C@@H](Cc2ccccc2)NC(=O)[C@H](Cc2ccccc2)NC(=O)[C@H](Cc2c[nH]c3ccccc23)N1. The van der Waals surface area contributed by atoms with Gasteiger partial charge >= 0.3 is 12.1 Å². The summed E-state index contributed by atoms with van der Waals surface area (Å²) in [6, 6.07) is 22.5. The highest BCUT2D eigenvalue weighted by Gasteiger charge is 2.38. The number of halogens is 3. The number of likely N-dealkylation sites (tertiary alicyclic amines) is 1. The van der Waals surface area contributed by atoms with Gasteiger partial charge in [-0.2, -0.15) is 13.2 Å². The van der Waals surface area contributed by atoms with Crippen LogP contribution < -0.4 is 26.6 Å². The van der Waals surface area contributed by atoms with E-state index in [1.807, 2.05) is 89.8 Å². The number of fused-ring (bicyclic) bond motifs is 1. The Morgan fingerprint density at radius 3 is 1.95 bits per heavy atom. The molecule has 0 spiro atoms. The molecule has 4 aromatic rings. The summed E-state index contributed by atoms with van der Waals surface area (Å²) < 4.78 is 31.7. The third-order valence-electron chi connectivity index (χ3n) is 10.1. The van der Waals surface area contributed by atoms with Gasteiger partial charge in [0.2, 0.25) is 29.5 Å². The number of carboxylic acid groups (broad SMARTS) is 1. The highest BCUT2D eigenvalue weighted by molar-refractivity contribution is 5.96. The van der Waals surface area contributed by atoms with Crippen molar-refractivity contribution in [2.75, 3.05) is 26.2 Å². The molecule has 6 rings (SSSR count). The van der Waals surface area contributed by atoms with Crippen LogP contribution in [0.25, 0.3) is 10.9 Å². The van der Waals surface area contributed by atoms with E-state index in [2.05, 4.69) is 31.6 Å². The number of aliphatic hydroxyl groups excluding tert-OH is 1. The molecule has 0 unspecified atom stereocenters. The van der Waals surface area contributed by atoms with Crippen LogP contribution in [0.1, 0.15) is 36.0 Å². The number of rotatable bonds is 9. The third kappa shape index (κ3) is 13.7. The Morgan fingerprint density at radius 1 is 0.750 bits per heavy atom. The Bertz CT molecular complexity index is 2090. The maximum absolute atomic E-state index is 14.2. The van der Waals surface area contributed by atoms with Crippen molar-refractivity contribution in [3.8, 4) is 0 Å². The van der Waals surface area contributed by atoms with Crippen molar-refractivity contribution in [3.05, 3.63) is 108 Å². The van der Waals surface area contributed by atoms with Gasteiger partial charge in [-0.3, -0.25) is 28.9 Å². The molecular formula is C42H48F3N7O8. The number of aliphatic carboxylic acids is 1. The fourth-order valence-electron chi connectivity index (χ4n) is 6.95. The maximum Gasteiger partial charge on any atom is 0.490 e. The molecule has 8 N–H and O–H groups in total. The van der Waals surface area contributed by atoms with Gasteiger partial charge in [0.15, 0.2) is 0 Å².